The lowest BCUT2D eigenvalue weighted by molar-refractivity contribution is -0.0399. The maximum Gasteiger partial charge on any atom is 0.146 e. The molecule has 5 nitrogen and oxygen atoms in total. The molecular formula is C14H17N3O2. The molecule has 100 valence electrons. The lowest BCUT2D eigenvalue weighted by Gasteiger charge is -2.13. The maximum absolute atomic E-state index is 6.05. The van der Waals surface area contributed by atoms with Gasteiger partial charge in [-0.3, -0.25) is 0 Å². The summed E-state index contributed by atoms with van der Waals surface area (Å²) in [5, 5.41) is 0. The summed E-state index contributed by atoms with van der Waals surface area (Å²) in [6, 6.07) is 11.5. The topological polar surface area (TPSA) is 83.4 Å². The highest BCUT2D eigenvalue weighted by Gasteiger charge is 2.12. The first kappa shape index (κ1) is 13.3. The number of nitrogens with zero attached hydrogens (tertiary/aromatic N) is 1. The highest BCUT2D eigenvalue weighted by molar-refractivity contribution is 5.79. The van der Waals surface area contributed by atoms with E-state index in [0.717, 1.165) is 11.1 Å². The number of rotatable bonds is 5. The minimum Gasteiger partial charge on any atom is -0.398 e. The number of benzene rings is 1. The van der Waals surface area contributed by atoms with Crippen molar-refractivity contribution in [2.45, 2.75) is 6.61 Å². The van der Waals surface area contributed by atoms with Crippen LogP contribution in [-0.4, -0.2) is 18.9 Å². The normalized spacial score (nSPS) is 10.6. The van der Waals surface area contributed by atoms with Crippen LogP contribution in [0.15, 0.2) is 36.4 Å². The van der Waals surface area contributed by atoms with Crippen LogP contribution in [0.2, 0.25) is 0 Å². The van der Waals surface area contributed by atoms with Gasteiger partial charge in [-0.05, 0) is 5.56 Å². The lowest BCUT2D eigenvalue weighted by atomic mass is 10.0. The first-order valence-electron chi connectivity index (χ1n) is 5.89. The highest BCUT2D eigenvalue weighted by atomic mass is 16.7. The van der Waals surface area contributed by atoms with E-state index in [9.17, 15) is 0 Å². The summed E-state index contributed by atoms with van der Waals surface area (Å²) in [6.45, 7) is 0.498. The Kier molecular flexibility index (Phi) is 4.33. The summed E-state index contributed by atoms with van der Waals surface area (Å²) in [4.78, 5) is 4.30. The summed E-state index contributed by atoms with van der Waals surface area (Å²) in [7, 11) is 1.57. The largest absolute Gasteiger partial charge is 0.398 e. The molecule has 0 aliphatic rings. The summed E-state index contributed by atoms with van der Waals surface area (Å²) < 4.78 is 10.2. The zero-order chi connectivity index (χ0) is 13.7. The van der Waals surface area contributed by atoms with Crippen LogP contribution in [0.3, 0.4) is 0 Å². The van der Waals surface area contributed by atoms with Crippen molar-refractivity contribution in [2.75, 3.05) is 25.4 Å². The third-order valence-corrected chi connectivity index (χ3v) is 2.65. The molecule has 0 amide bonds. The standard InChI is InChI=1S/C14H17N3O2/c1-18-9-19-8-12-14(10-5-3-2-4-6-10)11(15)7-13(16)17-12/h2-7H,8-9H2,1H3,(H4,15,16,17). The molecule has 0 radical (unpaired) electrons. The molecule has 4 N–H and O–H groups in total. The zero-order valence-electron chi connectivity index (χ0n) is 10.8. The van der Waals surface area contributed by atoms with Crippen molar-refractivity contribution in [3.8, 4) is 11.1 Å². The SMILES string of the molecule is COCOCc1nc(N)cc(N)c1-c1ccccc1. The van der Waals surface area contributed by atoms with Crippen LogP contribution >= 0.6 is 0 Å². The second-order valence-electron chi connectivity index (χ2n) is 4.08. The van der Waals surface area contributed by atoms with E-state index in [1.165, 1.54) is 0 Å². The van der Waals surface area contributed by atoms with Crippen molar-refractivity contribution >= 4 is 11.5 Å². The van der Waals surface area contributed by atoms with Gasteiger partial charge in [-0.15, -0.1) is 0 Å². The van der Waals surface area contributed by atoms with Gasteiger partial charge in [-0.2, -0.15) is 0 Å². The molecule has 0 saturated carbocycles. The average Bonchev–Trinajstić information content (AvgIpc) is 2.39. The zero-order valence-corrected chi connectivity index (χ0v) is 10.8. The van der Waals surface area contributed by atoms with Crippen molar-refractivity contribution in [3.05, 3.63) is 42.1 Å². The fraction of sp³-hybridized carbons (Fsp3) is 0.214. The van der Waals surface area contributed by atoms with Crippen LogP contribution < -0.4 is 11.5 Å². The molecule has 0 aliphatic heterocycles. The Morgan fingerprint density at radius 2 is 1.89 bits per heavy atom. The molecule has 0 aliphatic carbocycles. The second kappa shape index (κ2) is 6.17. The van der Waals surface area contributed by atoms with Gasteiger partial charge in [0.25, 0.3) is 0 Å². The van der Waals surface area contributed by atoms with E-state index in [4.69, 9.17) is 20.9 Å². The van der Waals surface area contributed by atoms with Gasteiger partial charge in [-0.25, -0.2) is 4.98 Å². The van der Waals surface area contributed by atoms with Crippen LogP contribution in [0.4, 0.5) is 11.5 Å². The van der Waals surface area contributed by atoms with Crippen LogP contribution in [-0.2, 0) is 16.1 Å². The molecule has 5 heteroatoms. The molecule has 1 heterocycles. The number of pyridine rings is 1. The summed E-state index contributed by atoms with van der Waals surface area (Å²) in [5.41, 5.74) is 14.9. The van der Waals surface area contributed by atoms with E-state index < -0.39 is 0 Å². The van der Waals surface area contributed by atoms with Gasteiger partial charge in [0.15, 0.2) is 0 Å². The first-order chi connectivity index (χ1) is 9.22. The number of anilines is 2. The quantitative estimate of drug-likeness (QED) is 0.634. The number of hydrogen-bond donors (Lipinski definition) is 2. The predicted molar refractivity (Wildman–Crippen MR) is 75.2 cm³/mol. The third kappa shape index (κ3) is 3.21. The number of aromatic nitrogens is 1. The minimum absolute atomic E-state index is 0.199. The van der Waals surface area contributed by atoms with Crippen LogP contribution in [0, 0.1) is 0 Å². The third-order valence-electron chi connectivity index (χ3n) is 2.65. The number of methoxy groups -OCH3 is 1. The van der Waals surface area contributed by atoms with E-state index in [0.29, 0.717) is 23.8 Å². The van der Waals surface area contributed by atoms with Crippen molar-refractivity contribution < 1.29 is 9.47 Å². The van der Waals surface area contributed by atoms with Crippen molar-refractivity contribution in [1.29, 1.82) is 0 Å². The Hall–Kier alpha value is -2.11. The fourth-order valence-corrected chi connectivity index (χ4v) is 1.91. The van der Waals surface area contributed by atoms with Crippen LogP contribution in [0.1, 0.15) is 5.69 Å². The Bertz CT molecular complexity index is 544. The maximum atomic E-state index is 6.05. The Labute approximate surface area is 112 Å². The average molecular weight is 259 g/mol. The predicted octanol–water partition coefficient (Wildman–Crippen LogP) is 2.03. The van der Waals surface area contributed by atoms with E-state index in [1.807, 2.05) is 30.3 Å². The molecule has 0 spiro atoms. The van der Waals surface area contributed by atoms with Crippen LogP contribution in [0.25, 0.3) is 11.1 Å². The smallest absolute Gasteiger partial charge is 0.146 e. The van der Waals surface area contributed by atoms with Gasteiger partial charge in [0.2, 0.25) is 0 Å². The van der Waals surface area contributed by atoms with Gasteiger partial charge in [0.05, 0.1) is 12.3 Å². The number of ether oxygens (including phenoxy) is 2. The fourth-order valence-electron chi connectivity index (χ4n) is 1.91. The molecule has 0 unspecified atom stereocenters. The van der Waals surface area contributed by atoms with Gasteiger partial charge in [0, 0.05) is 24.4 Å². The van der Waals surface area contributed by atoms with Gasteiger partial charge >= 0.3 is 0 Å². The van der Waals surface area contributed by atoms with E-state index in [1.54, 1.807) is 13.2 Å². The number of hydrogen-bond acceptors (Lipinski definition) is 5. The van der Waals surface area contributed by atoms with E-state index in [2.05, 4.69) is 4.98 Å². The molecule has 0 saturated heterocycles. The molecule has 0 fully saturated rings. The number of nitrogen functional groups attached to an aromatic ring is 2. The first-order valence-corrected chi connectivity index (χ1v) is 5.89. The molecule has 0 bridgehead atoms. The lowest BCUT2D eigenvalue weighted by Crippen LogP contribution is -2.06. The Morgan fingerprint density at radius 1 is 1.16 bits per heavy atom. The summed E-state index contributed by atoms with van der Waals surface area (Å²) in [6.07, 6.45) is 0. The second-order valence-corrected chi connectivity index (χ2v) is 4.08. The van der Waals surface area contributed by atoms with Crippen molar-refractivity contribution in [1.82, 2.24) is 4.98 Å². The van der Waals surface area contributed by atoms with E-state index in [-0.39, 0.29) is 6.79 Å². The minimum atomic E-state index is 0.199. The molecule has 2 rings (SSSR count). The van der Waals surface area contributed by atoms with Crippen molar-refractivity contribution in [3.63, 3.8) is 0 Å². The Morgan fingerprint density at radius 3 is 2.58 bits per heavy atom. The monoisotopic (exact) mass is 259 g/mol. The van der Waals surface area contributed by atoms with Gasteiger partial charge in [0.1, 0.15) is 12.6 Å². The molecular weight excluding hydrogens is 242 g/mol. The molecule has 0 atom stereocenters. The Balaban J connectivity index is 2.40. The number of nitrogens with two attached hydrogens (primary N) is 2. The molecule has 1 aromatic heterocycles. The summed E-state index contributed by atoms with van der Waals surface area (Å²) >= 11 is 0. The molecule has 1 aromatic carbocycles. The van der Waals surface area contributed by atoms with Crippen LogP contribution in [0.5, 0.6) is 0 Å². The van der Waals surface area contributed by atoms with Gasteiger partial charge in [-0.1, -0.05) is 30.3 Å². The highest BCUT2D eigenvalue weighted by Crippen LogP contribution is 2.30. The molecule has 19 heavy (non-hydrogen) atoms. The molecule has 2 aromatic rings. The van der Waals surface area contributed by atoms with Gasteiger partial charge < -0.3 is 20.9 Å². The van der Waals surface area contributed by atoms with Crippen molar-refractivity contribution in [2.24, 2.45) is 0 Å². The van der Waals surface area contributed by atoms with E-state index >= 15 is 0 Å². The summed E-state index contributed by atoms with van der Waals surface area (Å²) in [5.74, 6) is 0.383.